The van der Waals surface area contributed by atoms with Gasteiger partial charge in [0.15, 0.2) is 20.5 Å². The van der Waals surface area contributed by atoms with E-state index in [-0.39, 0.29) is 28.3 Å². The Bertz CT molecular complexity index is 1510. The second-order valence-corrected chi connectivity index (χ2v) is 10.1. The highest BCUT2D eigenvalue weighted by molar-refractivity contribution is 7.90. The topological polar surface area (TPSA) is 123 Å². The summed E-state index contributed by atoms with van der Waals surface area (Å²) < 4.78 is 26.4. The molecule has 0 bridgehead atoms. The van der Waals surface area contributed by atoms with Gasteiger partial charge in [-0.05, 0) is 37.1 Å². The van der Waals surface area contributed by atoms with Crippen LogP contribution in [0.1, 0.15) is 33.7 Å². The summed E-state index contributed by atoms with van der Waals surface area (Å²) in [6, 6.07) is 16.0. The number of aromatic nitrogens is 3. The normalized spacial score (nSPS) is 13.6. The van der Waals surface area contributed by atoms with E-state index in [9.17, 15) is 18.0 Å². The molecule has 2 heterocycles. The first-order valence-corrected chi connectivity index (χ1v) is 12.5. The van der Waals surface area contributed by atoms with Crippen LogP contribution < -0.4 is 10.6 Å². The largest absolute Gasteiger partial charge is 0.349 e. The van der Waals surface area contributed by atoms with Crippen molar-refractivity contribution in [1.29, 1.82) is 0 Å². The van der Waals surface area contributed by atoms with Crippen molar-refractivity contribution in [3.8, 4) is 11.3 Å². The van der Waals surface area contributed by atoms with Gasteiger partial charge >= 0.3 is 0 Å². The summed E-state index contributed by atoms with van der Waals surface area (Å²) >= 11 is 0. The first kappa shape index (κ1) is 21.8. The molecule has 0 saturated heterocycles. The highest BCUT2D eigenvalue weighted by Crippen LogP contribution is 2.25. The molecular formula is C24H21N5O4S. The zero-order valence-corrected chi connectivity index (χ0v) is 19.0. The average Bonchev–Trinajstić information content (AvgIpc) is 3.53. The Kier molecular flexibility index (Phi) is 5.37. The predicted octanol–water partition coefficient (Wildman–Crippen LogP) is 2.94. The van der Waals surface area contributed by atoms with Gasteiger partial charge in [0.2, 0.25) is 0 Å². The van der Waals surface area contributed by atoms with E-state index in [2.05, 4.69) is 20.6 Å². The molecule has 1 fully saturated rings. The van der Waals surface area contributed by atoms with Gasteiger partial charge in [0.1, 0.15) is 5.69 Å². The van der Waals surface area contributed by atoms with Crippen molar-refractivity contribution in [3.63, 3.8) is 0 Å². The number of nitrogens with zero attached hydrogens (tertiary/aromatic N) is 3. The zero-order chi connectivity index (χ0) is 23.9. The highest BCUT2D eigenvalue weighted by atomic mass is 32.2. The highest BCUT2D eigenvalue weighted by Gasteiger charge is 2.24. The molecule has 1 aliphatic rings. The lowest BCUT2D eigenvalue weighted by molar-refractivity contribution is 0.0950. The number of benzene rings is 2. The van der Waals surface area contributed by atoms with E-state index in [1.165, 1.54) is 16.8 Å². The van der Waals surface area contributed by atoms with Crippen molar-refractivity contribution < 1.29 is 18.0 Å². The lowest BCUT2D eigenvalue weighted by Crippen LogP contribution is -2.25. The fourth-order valence-electron chi connectivity index (χ4n) is 3.54. The third-order valence-corrected chi connectivity index (χ3v) is 6.41. The average molecular weight is 476 g/mol. The molecule has 0 unspecified atom stereocenters. The minimum Gasteiger partial charge on any atom is -0.349 e. The first-order valence-electron chi connectivity index (χ1n) is 10.7. The summed E-state index contributed by atoms with van der Waals surface area (Å²) in [4.78, 5) is 33.5. The Labute approximate surface area is 195 Å². The molecule has 2 amide bonds. The molecule has 0 atom stereocenters. The predicted molar refractivity (Wildman–Crippen MR) is 126 cm³/mol. The van der Waals surface area contributed by atoms with Crippen LogP contribution in [0.4, 0.5) is 5.69 Å². The molecule has 0 aliphatic heterocycles. The number of para-hydroxylation sites is 1. The van der Waals surface area contributed by atoms with E-state index in [0.29, 0.717) is 22.5 Å². The maximum Gasteiger partial charge on any atom is 0.275 e. The molecule has 2 aromatic carbocycles. The summed E-state index contributed by atoms with van der Waals surface area (Å²) in [7, 11) is -3.78. The van der Waals surface area contributed by atoms with Gasteiger partial charge in [-0.3, -0.25) is 14.0 Å². The van der Waals surface area contributed by atoms with Gasteiger partial charge < -0.3 is 10.6 Å². The van der Waals surface area contributed by atoms with Crippen molar-refractivity contribution >= 4 is 33.0 Å². The molecule has 34 heavy (non-hydrogen) atoms. The second kappa shape index (κ2) is 8.38. The van der Waals surface area contributed by atoms with Gasteiger partial charge in [0.05, 0.1) is 11.9 Å². The minimum atomic E-state index is -3.78. The molecule has 2 aromatic heterocycles. The Morgan fingerprint density at radius 3 is 2.35 bits per heavy atom. The fraction of sp³-hybridized carbons (Fsp3) is 0.167. The van der Waals surface area contributed by atoms with Crippen LogP contribution in [0.5, 0.6) is 0 Å². The zero-order valence-electron chi connectivity index (χ0n) is 18.2. The molecule has 1 saturated carbocycles. The lowest BCUT2D eigenvalue weighted by atomic mass is 10.1. The number of rotatable bonds is 6. The SMILES string of the molecule is CS(=O)(=O)c1nc(C(=O)Nc2ccccc2)cn2c(-c3ccc(C(=O)NC4CC4)cc3)cnc12. The lowest BCUT2D eigenvalue weighted by Gasteiger charge is -2.10. The van der Waals surface area contributed by atoms with Crippen LogP contribution in [0, 0.1) is 0 Å². The number of nitrogens with one attached hydrogen (secondary N) is 2. The molecule has 0 radical (unpaired) electrons. The van der Waals surface area contributed by atoms with Crippen LogP contribution in [-0.2, 0) is 9.84 Å². The number of fused-ring (bicyclic) bond motifs is 1. The molecule has 2 N–H and O–H groups in total. The molecular weight excluding hydrogens is 454 g/mol. The van der Waals surface area contributed by atoms with Crippen molar-refractivity contribution in [2.24, 2.45) is 0 Å². The molecule has 1 aliphatic carbocycles. The van der Waals surface area contributed by atoms with Crippen LogP contribution in [-0.4, -0.2) is 46.9 Å². The molecule has 172 valence electrons. The van der Waals surface area contributed by atoms with E-state index in [4.69, 9.17) is 0 Å². The third kappa shape index (κ3) is 4.40. The van der Waals surface area contributed by atoms with E-state index in [0.717, 1.165) is 19.1 Å². The smallest absolute Gasteiger partial charge is 0.275 e. The summed E-state index contributed by atoms with van der Waals surface area (Å²) in [5, 5.41) is 5.37. The number of amides is 2. The standard InChI is InChI=1S/C24H21N5O4S/c1-34(32,33)24-21-25-13-20(15-7-9-16(10-8-15)22(30)26-18-11-12-18)29(21)14-19(28-24)23(31)27-17-5-3-2-4-6-17/h2-10,13-14,18H,11-12H2,1H3,(H,26,30)(H,27,31). The number of carbonyl (C=O) groups is 2. The summed E-state index contributed by atoms with van der Waals surface area (Å²) in [5.74, 6) is -0.680. The summed E-state index contributed by atoms with van der Waals surface area (Å²) in [5.41, 5.74) is 2.40. The van der Waals surface area contributed by atoms with Gasteiger partial charge in [-0.15, -0.1) is 0 Å². The van der Waals surface area contributed by atoms with E-state index < -0.39 is 15.7 Å². The Balaban J connectivity index is 1.55. The Morgan fingerprint density at radius 2 is 1.71 bits per heavy atom. The third-order valence-electron chi connectivity index (χ3n) is 5.43. The van der Waals surface area contributed by atoms with Gasteiger partial charge in [-0.1, -0.05) is 30.3 Å². The monoisotopic (exact) mass is 475 g/mol. The van der Waals surface area contributed by atoms with Crippen LogP contribution >= 0.6 is 0 Å². The van der Waals surface area contributed by atoms with Crippen LogP contribution in [0.3, 0.4) is 0 Å². The first-order chi connectivity index (χ1) is 16.3. The van der Waals surface area contributed by atoms with Crippen molar-refractivity contribution in [2.45, 2.75) is 23.9 Å². The summed E-state index contributed by atoms with van der Waals surface area (Å²) in [6.45, 7) is 0. The number of sulfone groups is 1. The van der Waals surface area contributed by atoms with Crippen molar-refractivity contribution in [1.82, 2.24) is 19.7 Å². The minimum absolute atomic E-state index is 0.0727. The summed E-state index contributed by atoms with van der Waals surface area (Å²) in [6.07, 6.45) is 6.00. The molecule has 0 spiro atoms. The van der Waals surface area contributed by atoms with E-state index in [1.54, 1.807) is 48.5 Å². The van der Waals surface area contributed by atoms with Crippen LogP contribution in [0.25, 0.3) is 16.9 Å². The maximum absolute atomic E-state index is 12.9. The molecule has 9 nitrogen and oxygen atoms in total. The molecule has 5 rings (SSSR count). The van der Waals surface area contributed by atoms with Gasteiger partial charge in [-0.25, -0.2) is 18.4 Å². The Morgan fingerprint density at radius 1 is 1.00 bits per heavy atom. The van der Waals surface area contributed by atoms with Gasteiger partial charge in [-0.2, -0.15) is 0 Å². The number of hydrogen-bond donors (Lipinski definition) is 2. The van der Waals surface area contributed by atoms with E-state index in [1.807, 2.05) is 6.07 Å². The number of anilines is 1. The number of imidazole rings is 1. The molecule has 10 heteroatoms. The fourth-order valence-corrected chi connectivity index (χ4v) is 4.28. The van der Waals surface area contributed by atoms with Crippen LogP contribution in [0.2, 0.25) is 0 Å². The van der Waals surface area contributed by atoms with Crippen LogP contribution in [0.15, 0.2) is 72.0 Å². The van der Waals surface area contributed by atoms with Crippen molar-refractivity contribution in [2.75, 3.05) is 11.6 Å². The van der Waals surface area contributed by atoms with Gasteiger partial charge in [0, 0.05) is 35.3 Å². The molecule has 4 aromatic rings. The van der Waals surface area contributed by atoms with E-state index >= 15 is 0 Å². The second-order valence-electron chi connectivity index (χ2n) is 8.19. The maximum atomic E-state index is 12.9. The van der Waals surface area contributed by atoms with Crippen molar-refractivity contribution in [3.05, 3.63) is 78.2 Å². The van der Waals surface area contributed by atoms with Gasteiger partial charge in [0.25, 0.3) is 11.8 Å². The Hall–Kier alpha value is -4.05. The quantitative estimate of drug-likeness (QED) is 0.442. The number of hydrogen-bond acceptors (Lipinski definition) is 6. The number of carbonyl (C=O) groups excluding carboxylic acids is 2.